The van der Waals surface area contributed by atoms with Crippen LogP contribution in [0.2, 0.25) is 0 Å². The van der Waals surface area contributed by atoms with E-state index in [4.69, 9.17) is 9.47 Å². The van der Waals surface area contributed by atoms with Gasteiger partial charge in [-0.2, -0.15) is 0 Å². The van der Waals surface area contributed by atoms with E-state index in [9.17, 15) is 9.59 Å². The first kappa shape index (κ1) is 30.2. The van der Waals surface area contributed by atoms with Crippen LogP contribution < -0.4 is 10.1 Å². The fourth-order valence-corrected chi connectivity index (χ4v) is 3.50. The van der Waals surface area contributed by atoms with Gasteiger partial charge in [0.15, 0.2) is 5.69 Å². The van der Waals surface area contributed by atoms with Crippen LogP contribution in [0.1, 0.15) is 107 Å². The molecule has 7 heteroatoms. The highest BCUT2D eigenvalue weighted by atomic mass is 35.5. The lowest BCUT2D eigenvalue weighted by Gasteiger charge is -2.08. The van der Waals surface area contributed by atoms with Crippen molar-refractivity contribution in [3.05, 3.63) is 24.0 Å². The Morgan fingerprint density at radius 2 is 1.41 bits per heavy atom. The summed E-state index contributed by atoms with van der Waals surface area (Å²) in [4.78, 5) is 27.8. The largest absolute Gasteiger partial charge is 0.494 e. The van der Waals surface area contributed by atoms with Crippen LogP contribution in [0.4, 0.5) is 0 Å². The zero-order valence-corrected chi connectivity index (χ0v) is 20.9. The summed E-state index contributed by atoms with van der Waals surface area (Å²) in [7, 11) is 1.47. The number of nitrogens with one attached hydrogen (secondary N) is 1. The van der Waals surface area contributed by atoms with Crippen molar-refractivity contribution in [1.82, 2.24) is 10.3 Å². The van der Waals surface area contributed by atoms with E-state index in [0.717, 1.165) is 12.8 Å². The predicted molar refractivity (Wildman–Crippen MR) is 132 cm³/mol. The van der Waals surface area contributed by atoms with Gasteiger partial charge in [0.1, 0.15) is 12.3 Å². The van der Waals surface area contributed by atoms with Crippen LogP contribution in [0.3, 0.4) is 0 Å². The average Bonchev–Trinajstić information content (AvgIpc) is 2.79. The minimum atomic E-state index is -0.453. The van der Waals surface area contributed by atoms with Gasteiger partial charge < -0.3 is 14.8 Å². The molecule has 0 fully saturated rings. The normalized spacial score (nSPS) is 10.3. The van der Waals surface area contributed by atoms with E-state index >= 15 is 0 Å². The summed E-state index contributed by atoms with van der Waals surface area (Å²) in [6.07, 6.45) is 19.6. The fourth-order valence-electron chi connectivity index (χ4n) is 3.50. The minimum Gasteiger partial charge on any atom is -0.494 e. The monoisotopic (exact) mass is 470 g/mol. The Hall–Kier alpha value is -1.82. The maximum absolute atomic E-state index is 12.1. The van der Waals surface area contributed by atoms with E-state index in [2.05, 4.69) is 17.2 Å². The first-order chi connectivity index (χ1) is 15.2. The number of ether oxygens (including phenoxy) is 2. The minimum absolute atomic E-state index is 0. The molecule has 0 atom stereocenters. The fraction of sp³-hybridized carbons (Fsp3) is 0.720. The smallest absolute Gasteiger partial charge is 0.325 e. The second kappa shape index (κ2) is 21.0. The van der Waals surface area contributed by atoms with Crippen molar-refractivity contribution < 1.29 is 19.1 Å². The predicted octanol–water partition coefficient (Wildman–Crippen LogP) is 6.27. The molecule has 0 spiro atoms. The van der Waals surface area contributed by atoms with Gasteiger partial charge in [0.2, 0.25) is 0 Å². The summed E-state index contributed by atoms with van der Waals surface area (Å²) in [6.45, 7) is 2.49. The van der Waals surface area contributed by atoms with Crippen molar-refractivity contribution in [2.45, 2.75) is 96.8 Å². The molecular weight excluding hydrogens is 428 g/mol. The van der Waals surface area contributed by atoms with Gasteiger partial charge in [-0.3, -0.25) is 9.59 Å². The van der Waals surface area contributed by atoms with Gasteiger partial charge in [0, 0.05) is 6.20 Å². The molecule has 32 heavy (non-hydrogen) atoms. The number of unbranched alkanes of at least 4 members (excludes halogenated alkanes) is 13. The number of carbonyl (C=O) groups excluding carboxylic acids is 2. The highest BCUT2D eigenvalue weighted by molar-refractivity contribution is 5.96. The first-order valence-corrected chi connectivity index (χ1v) is 12.1. The van der Waals surface area contributed by atoms with E-state index in [0.29, 0.717) is 12.4 Å². The second-order valence-corrected chi connectivity index (χ2v) is 8.05. The molecular formula is C25H43ClN2O4. The standard InChI is InChI=1S/C25H42N2O4.ClH/c1-3-4-5-6-7-8-9-10-11-12-13-14-15-16-20-31-23(28)21-27-25(29)24-22(30-2)18-17-19-26-24;/h17-19H,3-16,20-21H2,1-2H3,(H,27,29);1H. The van der Waals surface area contributed by atoms with Gasteiger partial charge >= 0.3 is 5.97 Å². The number of methoxy groups -OCH3 is 1. The van der Waals surface area contributed by atoms with Crippen molar-refractivity contribution >= 4 is 24.3 Å². The van der Waals surface area contributed by atoms with E-state index in [1.165, 1.54) is 90.4 Å². The molecule has 0 aliphatic carbocycles. The summed E-state index contributed by atoms with van der Waals surface area (Å²) in [6, 6.07) is 3.33. The van der Waals surface area contributed by atoms with Crippen LogP contribution in [-0.2, 0) is 9.53 Å². The Morgan fingerprint density at radius 1 is 0.875 bits per heavy atom. The second-order valence-electron chi connectivity index (χ2n) is 8.05. The number of pyridine rings is 1. The zero-order chi connectivity index (χ0) is 22.6. The molecule has 0 aromatic carbocycles. The molecule has 1 rings (SSSR count). The third-order valence-electron chi connectivity index (χ3n) is 5.36. The molecule has 0 saturated carbocycles. The Bertz CT molecular complexity index is 613. The average molecular weight is 471 g/mol. The van der Waals surface area contributed by atoms with Crippen LogP contribution in [0.25, 0.3) is 0 Å². The van der Waals surface area contributed by atoms with Crippen LogP contribution in [0, 0.1) is 0 Å². The van der Waals surface area contributed by atoms with Gasteiger partial charge in [-0.05, 0) is 18.6 Å². The van der Waals surface area contributed by atoms with Crippen LogP contribution >= 0.6 is 12.4 Å². The third kappa shape index (κ3) is 15.1. The number of hydrogen-bond donors (Lipinski definition) is 1. The molecule has 1 amide bonds. The first-order valence-electron chi connectivity index (χ1n) is 12.1. The van der Waals surface area contributed by atoms with E-state index in [-0.39, 0.29) is 24.6 Å². The lowest BCUT2D eigenvalue weighted by Crippen LogP contribution is -2.31. The molecule has 0 bridgehead atoms. The molecule has 6 nitrogen and oxygen atoms in total. The number of aromatic nitrogens is 1. The number of hydrogen-bond acceptors (Lipinski definition) is 5. The SMILES string of the molecule is CCCCCCCCCCCCCCCCOC(=O)CNC(=O)c1ncccc1OC.Cl. The van der Waals surface area contributed by atoms with Crippen LogP contribution in [0.15, 0.2) is 18.3 Å². The quantitative estimate of drug-likeness (QED) is 0.190. The Balaban J connectivity index is 0.00000961. The van der Waals surface area contributed by atoms with Crippen LogP contribution in [-0.4, -0.2) is 37.1 Å². The number of esters is 1. The summed E-state index contributed by atoms with van der Waals surface area (Å²) < 4.78 is 10.3. The molecule has 1 N–H and O–H groups in total. The number of nitrogens with zero attached hydrogens (tertiary/aromatic N) is 1. The summed E-state index contributed by atoms with van der Waals surface area (Å²) in [5.41, 5.74) is 0.157. The highest BCUT2D eigenvalue weighted by Crippen LogP contribution is 2.14. The number of rotatable bonds is 19. The molecule has 0 unspecified atom stereocenters. The van der Waals surface area contributed by atoms with Crippen molar-refractivity contribution in [1.29, 1.82) is 0 Å². The molecule has 0 aliphatic rings. The number of carbonyl (C=O) groups is 2. The van der Waals surface area contributed by atoms with Crippen molar-refractivity contribution in [2.75, 3.05) is 20.3 Å². The van der Waals surface area contributed by atoms with Crippen molar-refractivity contribution in [3.63, 3.8) is 0 Å². The molecule has 0 saturated heterocycles. The Morgan fingerprint density at radius 3 is 1.94 bits per heavy atom. The van der Waals surface area contributed by atoms with E-state index in [1.807, 2.05) is 0 Å². The van der Waals surface area contributed by atoms with Gasteiger partial charge in [-0.15, -0.1) is 12.4 Å². The Kier molecular flexibility index (Phi) is 19.9. The molecule has 1 aromatic rings. The lowest BCUT2D eigenvalue weighted by atomic mass is 10.0. The topological polar surface area (TPSA) is 77.5 Å². The summed E-state index contributed by atoms with van der Waals surface area (Å²) in [5.74, 6) is -0.514. The van der Waals surface area contributed by atoms with Crippen molar-refractivity contribution in [3.8, 4) is 5.75 Å². The number of amides is 1. The number of halogens is 1. The zero-order valence-electron chi connectivity index (χ0n) is 20.0. The molecule has 0 radical (unpaired) electrons. The van der Waals surface area contributed by atoms with E-state index < -0.39 is 11.9 Å². The maximum atomic E-state index is 12.1. The lowest BCUT2D eigenvalue weighted by molar-refractivity contribution is -0.142. The summed E-state index contributed by atoms with van der Waals surface area (Å²) >= 11 is 0. The molecule has 184 valence electrons. The highest BCUT2D eigenvalue weighted by Gasteiger charge is 2.14. The van der Waals surface area contributed by atoms with Gasteiger partial charge in [-0.25, -0.2) is 4.98 Å². The van der Waals surface area contributed by atoms with E-state index in [1.54, 1.807) is 12.1 Å². The molecule has 1 heterocycles. The summed E-state index contributed by atoms with van der Waals surface area (Å²) in [5, 5.41) is 2.52. The van der Waals surface area contributed by atoms with Gasteiger partial charge in [0.25, 0.3) is 5.91 Å². The maximum Gasteiger partial charge on any atom is 0.325 e. The van der Waals surface area contributed by atoms with Gasteiger partial charge in [-0.1, -0.05) is 90.4 Å². The molecule has 0 aliphatic heterocycles. The van der Waals surface area contributed by atoms with Crippen molar-refractivity contribution in [2.24, 2.45) is 0 Å². The van der Waals surface area contributed by atoms with Crippen LogP contribution in [0.5, 0.6) is 5.75 Å². The Labute approximate surface area is 200 Å². The van der Waals surface area contributed by atoms with Gasteiger partial charge in [0.05, 0.1) is 13.7 Å². The molecule has 1 aromatic heterocycles. The third-order valence-corrected chi connectivity index (χ3v) is 5.36.